The highest BCUT2D eigenvalue weighted by molar-refractivity contribution is 5.92. The topological polar surface area (TPSA) is 59.8 Å². The number of nitrogens with zero attached hydrogens (tertiary/aromatic N) is 4. The molecule has 7 nitrogen and oxygen atoms in total. The molecule has 2 aromatic rings. The van der Waals surface area contributed by atoms with E-state index in [-0.39, 0.29) is 5.91 Å². The van der Waals surface area contributed by atoms with Gasteiger partial charge >= 0.3 is 0 Å². The van der Waals surface area contributed by atoms with Crippen LogP contribution in [0.1, 0.15) is 17.0 Å². The fourth-order valence-electron chi connectivity index (χ4n) is 3.56. The predicted molar refractivity (Wildman–Crippen MR) is 113 cm³/mol. The number of piperazine rings is 1. The third-order valence-electron chi connectivity index (χ3n) is 5.24. The standard InChI is InChI=1S/C22H30N4O3/c1-17-15-18(2)26(23-17)14-11-24-9-12-25(13-10-24)22(27)8-6-19-5-7-20(28-3)21(16-19)29-4/h5-8,15-16H,9-14H2,1-4H3/b8-6+. The molecule has 1 amide bonds. The van der Waals surface area contributed by atoms with Crippen LogP contribution in [0.15, 0.2) is 30.3 Å². The van der Waals surface area contributed by atoms with E-state index < -0.39 is 0 Å². The van der Waals surface area contributed by atoms with Crippen molar-refractivity contribution in [2.45, 2.75) is 20.4 Å². The maximum Gasteiger partial charge on any atom is 0.246 e. The maximum absolute atomic E-state index is 12.5. The van der Waals surface area contributed by atoms with Crippen LogP contribution in [-0.2, 0) is 11.3 Å². The molecule has 0 radical (unpaired) electrons. The number of ether oxygens (including phenoxy) is 2. The third-order valence-corrected chi connectivity index (χ3v) is 5.24. The largest absolute Gasteiger partial charge is 0.493 e. The Hall–Kier alpha value is -2.80. The van der Waals surface area contributed by atoms with E-state index >= 15 is 0 Å². The fourth-order valence-corrected chi connectivity index (χ4v) is 3.56. The highest BCUT2D eigenvalue weighted by Crippen LogP contribution is 2.28. The highest BCUT2D eigenvalue weighted by atomic mass is 16.5. The first-order valence-electron chi connectivity index (χ1n) is 9.92. The quantitative estimate of drug-likeness (QED) is 0.670. The molecule has 1 saturated heterocycles. The Morgan fingerprint density at radius 3 is 2.38 bits per heavy atom. The van der Waals surface area contributed by atoms with Crippen LogP contribution in [-0.4, -0.2) is 72.4 Å². The summed E-state index contributed by atoms with van der Waals surface area (Å²) in [6.07, 6.45) is 3.45. The van der Waals surface area contributed by atoms with E-state index in [0.717, 1.165) is 50.5 Å². The predicted octanol–water partition coefficient (Wildman–Crippen LogP) is 2.37. The molecule has 3 rings (SSSR count). The molecule has 1 aromatic carbocycles. The van der Waals surface area contributed by atoms with Gasteiger partial charge in [0.25, 0.3) is 0 Å². The number of aromatic nitrogens is 2. The monoisotopic (exact) mass is 398 g/mol. The lowest BCUT2D eigenvalue weighted by Gasteiger charge is -2.34. The van der Waals surface area contributed by atoms with Crippen molar-refractivity contribution in [2.24, 2.45) is 0 Å². The number of benzene rings is 1. The molecule has 29 heavy (non-hydrogen) atoms. The summed E-state index contributed by atoms with van der Waals surface area (Å²) < 4.78 is 12.6. The molecular weight excluding hydrogens is 368 g/mol. The number of carbonyl (C=O) groups excluding carboxylic acids is 1. The SMILES string of the molecule is COc1ccc(/C=C/C(=O)N2CCN(CCn3nc(C)cc3C)CC2)cc1OC. The third kappa shape index (κ3) is 5.38. The Bertz CT molecular complexity index is 867. The fraction of sp³-hybridized carbons (Fsp3) is 0.455. The zero-order valence-electron chi connectivity index (χ0n) is 17.7. The van der Waals surface area contributed by atoms with Crippen LogP contribution < -0.4 is 9.47 Å². The number of rotatable bonds is 7. The summed E-state index contributed by atoms with van der Waals surface area (Å²) in [5, 5.41) is 4.51. The van der Waals surface area contributed by atoms with Crippen molar-refractivity contribution in [3.63, 3.8) is 0 Å². The summed E-state index contributed by atoms with van der Waals surface area (Å²) in [4.78, 5) is 16.8. The van der Waals surface area contributed by atoms with Crippen molar-refractivity contribution in [1.82, 2.24) is 19.6 Å². The van der Waals surface area contributed by atoms with Gasteiger partial charge in [-0.25, -0.2) is 0 Å². The lowest BCUT2D eigenvalue weighted by atomic mass is 10.2. The summed E-state index contributed by atoms with van der Waals surface area (Å²) in [5.41, 5.74) is 3.15. The molecule has 0 aliphatic carbocycles. The van der Waals surface area contributed by atoms with Crippen molar-refractivity contribution < 1.29 is 14.3 Å². The van der Waals surface area contributed by atoms with Gasteiger partial charge in [-0.3, -0.25) is 14.4 Å². The molecule has 156 valence electrons. The Balaban J connectivity index is 1.48. The minimum atomic E-state index is 0.0398. The van der Waals surface area contributed by atoms with Crippen LogP contribution in [0, 0.1) is 13.8 Å². The molecule has 7 heteroatoms. The minimum Gasteiger partial charge on any atom is -0.493 e. The lowest BCUT2D eigenvalue weighted by molar-refractivity contribution is -0.127. The molecule has 0 N–H and O–H groups in total. The first-order chi connectivity index (χ1) is 14.0. The molecule has 0 atom stereocenters. The van der Waals surface area contributed by atoms with Crippen LogP contribution in [0.5, 0.6) is 11.5 Å². The van der Waals surface area contributed by atoms with Gasteiger partial charge in [0, 0.05) is 44.5 Å². The number of hydrogen-bond acceptors (Lipinski definition) is 5. The van der Waals surface area contributed by atoms with Gasteiger partial charge in [0.2, 0.25) is 5.91 Å². The van der Waals surface area contributed by atoms with Gasteiger partial charge in [-0.15, -0.1) is 0 Å². The van der Waals surface area contributed by atoms with Crippen molar-refractivity contribution in [1.29, 1.82) is 0 Å². The molecule has 0 spiro atoms. The van der Waals surface area contributed by atoms with E-state index in [0.29, 0.717) is 11.5 Å². The Kier molecular flexibility index (Phi) is 6.93. The second kappa shape index (κ2) is 9.60. The molecule has 0 bridgehead atoms. The van der Waals surface area contributed by atoms with Crippen LogP contribution in [0.3, 0.4) is 0 Å². The van der Waals surface area contributed by atoms with E-state index in [1.807, 2.05) is 36.1 Å². The summed E-state index contributed by atoms with van der Waals surface area (Å²) in [6.45, 7) is 9.19. The summed E-state index contributed by atoms with van der Waals surface area (Å²) in [6, 6.07) is 7.70. The van der Waals surface area contributed by atoms with Crippen molar-refractivity contribution >= 4 is 12.0 Å². The van der Waals surface area contributed by atoms with Gasteiger partial charge < -0.3 is 14.4 Å². The molecule has 1 aromatic heterocycles. The lowest BCUT2D eigenvalue weighted by Crippen LogP contribution is -2.48. The van der Waals surface area contributed by atoms with Gasteiger partial charge in [0.1, 0.15) is 0 Å². The number of amides is 1. The normalized spacial score (nSPS) is 15.1. The molecule has 1 fully saturated rings. The highest BCUT2D eigenvalue weighted by Gasteiger charge is 2.19. The van der Waals surface area contributed by atoms with E-state index in [1.165, 1.54) is 5.69 Å². The van der Waals surface area contributed by atoms with Crippen LogP contribution in [0.2, 0.25) is 0 Å². The molecule has 2 heterocycles. The minimum absolute atomic E-state index is 0.0398. The summed E-state index contributed by atoms with van der Waals surface area (Å²) in [5.74, 6) is 1.36. The van der Waals surface area contributed by atoms with Gasteiger partial charge in [0.05, 0.1) is 26.5 Å². The van der Waals surface area contributed by atoms with Crippen LogP contribution in [0.25, 0.3) is 6.08 Å². The number of methoxy groups -OCH3 is 2. The zero-order chi connectivity index (χ0) is 20.8. The van der Waals surface area contributed by atoms with Gasteiger partial charge in [-0.2, -0.15) is 5.10 Å². The average Bonchev–Trinajstić information content (AvgIpc) is 3.07. The van der Waals surface area contributed by atoms with Gasteiger partial charge in [0.15, 0.2) is 11.5 Å². The van der Waals surface area contributed by atoms with E-state index in [4.69, 9.17) is 9.47 Å². The molecule has 1 aliphatic rings. The van der Waals surface area contributed by atoms with Gasteiger partial charge in [-0.05, 0) is 43.7 Å². The first-order valence-corrected chi connectivity index (χ1v) is 9.92. The average molecular weight is 399 g/mol. The Labute approximate surface area is 172 Å². The van der Waals surface area contributed by atoms with E-state index in [1.54, 1.807) is 20.3 Å². The number of carbonyl (C=O) groups is 1. The van der Waals surface area contributed by atoms with Crippen LogP contribution in [0.4, 0.5) is 0 Å². The van der Waals surface area contributed by atoms with Crippen molar-refractivity contribution in [3.8, 4) is 11.5 Å². The summed E-state index contributed by atoms with van der Waals surface area (Å²) in [7, 11) is 3.21. The number of aryl methyl sites for hydroxylation is 2. The van der Waals surface area contributed by atoms with Crippen molar-refractivity contribution in [2.75, 3.05) is 46.9 Å². The van der Waals surface area contributed by atoms with Crippen LogP contribution >= 0.6 is 0 Å². The second-order valence-electron chi connectivity index (χ2n) is 7.26. The molecule has 0 unspecified atom stereocenters. The Morgan fingerprint density at radius 2 is 1.76 bits per heavy atom. The summed E-state index contributed by atoms with van der Waals surface area (Å²) >= 11 is 0. The molecule has 1 aliphatic heterocycles. The number of hydrogen-bond donors (Lipinski definition) is 0. The van der Waals surface area contributed by atoms with E-state index in [2.05, 4.69) is 27.7 Å². The van der Waals surface area contributed by atoms with Gasteiger partial charge in [-0.1, -0.05) is 6.07 Å². The smallest absolute Gasteiger partial charge is 0.246 e. The second-order valence-corrected chi connectivity index (χ2v) is 7.26. The Morgan fingerprint density at radius 1 is 1.03 bits per heavy atom. The molecule has 0 saturated carbocycles. The van der Waals surface area contributed by atoms with Crippen molar-refractivity contribution in [3.05, 3.63) is 47.3 Å². The van der Waals surface area contributed by atoms with E-state index in [9.17, 15) is 4.79 Å². The maximum atomic E-state index is 12.5. The first kappa shape index (κ1) is 20.9. The molecular formula is C22H30N4O3. The zero-order valence-corrected chi connectivity index (χ0v) is 17.7.